The summed E-state index contributed by atoms with van der Waals surface area (Å²) in [6.07, 6.45) is 8.32. The summed E-state index contributed by atoms with van der Waals surface area (Å²) in [5.41, 5.74) is -1.02. The maximum absolute atomic E-state index is 18.9. The normalized spacial score (nSPS) is 40.3. The van der Waals surface area contributed by atoms with Crippen LogP contribution in [0.4, 0.5) is 4.39 Å². The van der Waals surface area contributed by atoms with Crippen molar-refractivity contribution in [2.45, 2.75) is 123 Å². The van der Waals surface area contributed by atoms with E-state index in [1.165, 1.54) is 0 Å². The molecule has 0 aliphatic heterocycles. The number of alkyl halides is 1. The summed E-state index contributed by atoms with van der Waals surface area (Å²) in [6.45, 7) is 26.9. The van der Waals surface area contributed by atoms with Crippen LogP contribution in [0.25, 0.3) is 0 Å². The van der Waals surface area contributed by atoms with Crippen molar-refractivity contribution in [3.8, 4) is 0 Å². The van der Waals surface area contributed by atoms with Crippen LogP contribution >= 0.6 is 0 Å². The third-order valence-electron chi connectivity index (χ3n) is 10.6. The van der Waals surface area contributed by atoms with Gasteiger partial charge in [0.15, 0.2) is 30.6 Å². The molecule has 3 fully saturated rings. The fraction of sp³-hybridized carbons (Fsp3) is 0.818. The van der Waals surface area contributed by atoms with E-state index in [1.54, 1.807) is 14.2 Å². The summed E-state index contributed by atoms with van der Waals surface area (Å²) in [5, 5.41) is 8.89. The Bertz CT molecular complexity index is 1220. The Labute approximate surface area is 269 Å². The molecule has 0 radical (unpaired) electrons. The van der Waals surface area contributed by atoms with Crippen LogP contribution in [0.15, 0.2) is 34.1 Å². The van der Waals surface area contributed by atoms with Crippen LogP contribution in [0, 0.1) is 28.6 Å². The molecule has 5 unspecified atom stereocenters. The molecule has 4 aliphatic rings. The first-order valence-electron chi connectivity index (χ1n) is 16.4. The van der Waals surface area contributed by atoms with Gasteiger partial charge < -0.3 is 23.0 Å². The summed E-state index contributed by atoms with van der Waals surface area (Å²) in [6, 6.07) is 0. The SMILES string of the molecule is CON=C1C=CC2(C)C(=C1)CCC1C3C[C@@H](C)[C@](O[Si](C)(C)C)(C(CO[Si](C)(C)C)=NOC)C3(C)CC(O[Si](C)(C)C)[C@@]12F. The van der Waals surface area contributed by atoms with Crippen molar-refractivity contribution in [1.29, 1.82) is 0 Å². The molecule has 0 amide bonds. The highest BCUT2D eigenvalue weighted by molar-refractivity contribution is 6.70. The third-order valence-corrected chi connectivity index (χ3v) is 13.5. The molecule has 8 atom stereocenters. The molecule has 0 aromatic heterocycles. The smallest absolute Gasteiger partial charge is 0.185 e. The lowest BCUT2D eigenvalue weighted by molar-refractivity contribution is -0.201. The van der Waals surface area contributed by atoms with E-state index in [0.717, 1.165) is 36.3 Å². The zero-order chi connectivity index (χ0) is 33.1. The van der Waals surface area contributed by atoms with Gasteiger partial charge in [0, 0.05) is 16.7 Å². The Morgan fingerprint density at radius 1 is 0.955 bits per heavy atom. The van der Waals surface area contributed by atoms with E-state index < -0.39 is 53.2 Å². The predicted octanol–water partition coefficient (Wildman–Crippen LogP) is 8.34. The maximum atomic E-state index is 18.9. The molecule has 0 aromatic carbocycles. The lowest BCUT2D eigenvalue weighted by atomic mass is 9.44. The van der Waals surface area contributed by atoms with Gasteiger partial charge in [-0.3, -0.25) is 0 Å². The Morgan fingerprint density at radius 2 is 1.61 bits per heavy atom. The summed E-state index contributed by atoms with van der Waals surface area (Å²) >= 11 is 0. The number of hydrogen-bond donors (Lipinski definition) is 0. The van der Waals surface area contributed by atoms with Gasteiger partial charge in [0.2, 0.25) is 0 Å². The molecule has 0 saturated heterocycles. The van der Waals surface area contributed by atoms with E-state index in [-0.39, 0.29) is 17.8 Å². The summed E-state index contributed by atoms with van der Waals surface area (Å²) in [7, 11) is -3.10. The van der Waals surface area contributed by atoms with Crippen LogP contribution in [0.3, 0.4) is 0 Å². The van der Waals surface area contributed by atoms with Gasteiger partial charge in [-0.05, 0) is 116 Å². The van der Waals surface area contributed by atoms with E-state index in [4.69, 9.17) is 28.1 Å². The number of hydrogen-bond acceptors (Lipinski definition) is 7. The molecule has 250 valence electrons. The number of rotatable bonds is 10. The third kappa shape index (κ3) is 6.03. The number of allylic oxidation sites excluding steroid dienone is 4. The number of halogens is 1. The molecular formula is C33H59FN2O5Si3. The topological polar surface area (TPSA) is 70.9 Å². The predicted molar refractivity (Wildman–Crippen MR) is 185 cm³/mol. The van der Waals surface area contributed by atoms with Gasteiger partial charge in [-0.15, -0.1) is 0 Å². The van der Waals surface area contributed by atoms with Crippen molar-refractivity contribution in [2.75, 3.05) is 20.8 Å². The molecule has 0 aromatic rings. The Kier molecular flexibility index (Phi) is 9.62. The van der Waals surface area contributed by atoms with Crippen LogP contribution in [0.2, 0.25) is 58.9 Å². The van der Waals surface area contributed by atoms with Crippen molar-refractivity contribution in [1.82, 2.24) is 0 Å². The van der Waals surface area contributed by atoms with Gasteiger partial charge in [0.1, 0.15) is 31.2 Å². The highest BCUT2D eigenvalue weighted by atomic mass is 28.4. The van der Waals surface area contributed by atoms with Gasteiger partial charge in [0.05, 0.1) is 12.7 Å². The zero-order valence-corrected chi connectivity index (χ0v) is 32.9. The van der Waals surface area contributed by atoms with E-state index in [1.807, 2.05) is 18.2 Å². The van der Waals surface area contributed by atoms with Gasteiger partial charge in [0.25, 0.3) is 0 Å². The first kappa shape index (κ1) is 35.7. The van der Waals surface area contributed by atoms with Crippen molar-refractivity contribution in [3.05, 3.63) is 23.8 Å². The minimum Gasteiger partial charge on any atom is -0.412 e. The second-order valence-electron chi connectivity index (χ2n) is 17.0. The highest BCUT2D eigenvalue weighted by Crippen LogP contribution is 2.72. The molecule has 11 heteroatoms. The van der Waals surface area contributed by atoms with E-state index in [9.17, 15) is 0 Å². The van der Waals surface area contributed by atoms with Gasteiger partial charge >= 0.3 is 0 Å². The lowest BCUT2D eigenvalue weighted by Gasteiger charge is -2.65. The quantitative estimate of drug-likeness (QED) is 0.133. The van der Waals surface area contributed by atoms with E-state index in [0.29, 0.717) is 13.0 Å². The van der Waals surface area contributed by atoms with E-state index in [2.05, 4.69) is 84.9 Å². The average molecular weight is 667 g/mol. The zero-order valence-electron chi connectivity index (χ0n) is 29.9. The van der Waals surface area contributed by atoms with Crippen molar-refractivity contribution < 1.29 is 27.3 Å². The molecule has 3 saturated carbocycles. The fourth-order valence-corrected chi connectivity index (χ4v) is 12.4. The molecule has 44 heavy (non-hydrogen) atoms. The molecule has 4 rings (SSSR count). The van der Waals surface area contributed by atoms with Crippen molar-refractivity contribution in [3.63, 3.8) is 0 Å². The standard InChI is InChI=1S/C33H59FN2O5Si3/c1-23-19-27-26-16-15-24-20-25(35-37-4)17-18-30(24,2)32(26,34)29(40-43(9,10)11)21-31(27,3)33(23,41-44(12,13)14)28(36-38-5)22-39-42(6,7)8/h17-18,20,23,26-27,29H,15-16,19,21-22H2,1-14H3/t23-,26?,27?,29?,30?,31?,32+,33+/m1/s1. The average Bonchev–Trinajstić information content (AvgIpc) is 3.07. The summed E-state index contributed by atoms with van der Waals surface area (Å²) < 4.78 is 39.9. The number of fused-ring (bicyclic) bond motifs is 5. The fourth-order valence-electron chi connectivity index (χ4n) is 9.19. The second-order valence-corrected chi connectivity index (χ2v) is 30.4. The van der Waals surface area contributed by atoms with Crippen LogP contribution in [0.1, 0.15) is 46.5 Å². The van der Waals surface area contributed by atoms with Crippen molar-refractivity contribution >= 4 is 36.4 Å². The molecule has 7 nitrogen and oxygen atoms in total. The first-order valence-corrected chi connectivity index (χ1v) is 26.6. The monoisotopic (exact) mass is 666 g/mol. The first-order chi connectivity index (χ1) is 20.1. The van der Waals surface area contributed by atoms with Gasteiger partial charge in [-0.2, -0.15) is 0 Å². The van der Waals surface area contributed by atoms with Gasteiger partial charge in [-0.1, -0.05) is 35.8 Å². The molecule has 0 bridgehead atoms. The minimum atomic E-state index is -2.19. The second kappa shape index (κ2) is 11.8. The largest absolute Gasteiger partial charge is 0.412 e. The number of nitrogens with zero attached hydrogens (tertiary/aromatic N) is 2. The Balaban J connectivity index is 1.95. The number of oxime groups is 2. The van der Waals surface area contributed by atoms with E-state index >= 15 is 4.39 Å². The van der Waals surface area contributed by atoms with Crippen LogP contribution in [0.5, 0.6) is 0 Å². The highest BCUT2D eigenvalue weighted by Gasteiger charge is 2.76. The van der Waals surface area contributed by atoms with Gasteiger partial charge in [-0.25, -0.2) is 4.39 Å². The Hall–Kier alpha value is -1.12. The molecule has 0 heterocycles. The molecule has 4 aliphatic carbocycles. The Morgan fingerprint density at radius 3 is 2.16 bits per heavy atom. The maximum Gasteiger partial charge on any atom is 0.185 e. The molecule has 0 spiro atoms. The lowest BCUT2D eigenvalue weighted by Crippen LogP contribution is -2.72. The molecule has 0 N–H and O–H groups in total. The van der Waals surface area contributed by atoms with Crippen molar-refractivity contribution in [2.24, 2.45) is 38.9 Å². The van der Waals surface area contributed by atoms with Crippen LogP contribution < -0.4 is 0 Å². The molecular weight excluding hydrogens is 608 g/mol. The minimum absolute atomic E-state index is 0.0649. The van der Waals surface area contributed by atoms with Crippen LogP contribution in [-0.2, 0) is 23.0 Å². The summed E-state index contributed by atoms with van der Waals surface area (Å²) in [4.78, 5) is 10.6. The summed E-state index contributed by atoms with van der Waals surface area (Å²) in [5.74, 6) is -0.0630. The van der Waals surface area contributed by atoms with Crippen LogP contribution in [-0.4, -0.2) is 74.6 Å².